The van der Waals surface area contributed by atoms with Crippen LogP contribution in [0.25, 0.3) is 22.1 Å². The number of carbonyl (C=O) groups is 1. The Hall–Kier alpha value is -4.26. The third-order valence-corrected chi connectivity index (χ3v) is 5.19. The monoisotopic (exact) mass is 446 g/mol. The van der Waals surface area contributed by atoms with Crippen molar-refractivity contribution in [2.45, 2.75) is 0 Å². The van der Waals surface area contributed by atoms with Crippen LogP contribution in [0.1, 0.15) is 10.4 Å². The van der Waals surface area contributed by atoms with Crippen LogP contribution < -0.4 is 24.6 Å². The maximum absolute atomic E-state index is 12.7. The number of fused-ring (bicyclic) bond motifs is 1. The van der Waals surface area contributed by atoms with Gasteiger partial charge in [0.2, 0.25) is 0 Å². The van der Waals surface area contributed by atoms with Gasteiger partial charge >= 0.3 is 5.63 Å². The van der Waals surface area contributed by atoms with Crippen LogP contribution in [0.5, 0.6) is 23.0 Å². The molecule has 1 heterocycles. The van der Waals surface area contributed by atoms with E-state index in [1.54, 1.807) is 80.9 Å². The molecule has 7 heteroatoms. The van der Waals surface area contributed by atoms with Gasteiger partial charge in [0.05, 0.1) is 26.9 Å². The summed E-state index contributed by atoms with van der Waals surface area (Å²) in [7, 11) is 4.65. The predicted molar refractivity (Wildman–Crippen MR) is 124 cm³/mol. The first kappa shape index (κ1) is 22.0. The van der Waals surface area contributed by atoms with Crippen LogP contribution in [0.4, 0.5) is 0 Å². The Balaban J connectivity index is 1.58. The number of benzene rings is 3. The molecule has 0 aliphatic heterocycles. The van der Waals surface area contributed by atoms with Crippen LogP contribution in [0.2, 0.25) is 0 Å². The minimum Gasteiger partial charge on any atom is -0.497 e. The van der Waals surface area contributed by atoms with Gasteiger partial charge in [0.1, 0.15) is 28.6 Å². The van der Waals surface area contributed by atoms with Gasteiger partial charge in [-0.1, -0.05) is 0 Å². The summed E-state index contributed by atoms with van der Waals surface area (Å²) in [5.41, 5.74) is 1.25. The number of ketones is 1. The Morgan fingerprint density at radius 2 is 1.45 bits per heavy atom. The summed E-state index contributed by atoms with van der Waals surface area (Å²) in [5.74, 6) is 2.02. The third kappa shape index (κ3) is 4.67. The van der Waals surface area contributed by atoms with E-state index in [4.69, 9.17) is 23.4 Å². The van der Waals surface area contributed by atoms with Crippen LogP contribution >= 0.6 is 0 Å². The van der Waals surface area contributed by atoms with E-state index in [2.05, 4.69) is 0 Å². The zero-order valence-electron chi connectivity index (χ0n) is 18.4. The second-order valence-corrected chi connectivity index (χ2v) is 7.15. The Morgan fingerprint density at radius 3 is 2.15 bits per heavy atom. The summed E-state index contributed by atoms with van der Waals surface area (Å²) in [4.78, 5) is 25.1. The lowest BCUT2D eigenvalue weighted by atomic mass is 10.0. The second-order valence-electron chi connectivity index (χ2n) is 7.15. The minimum absolute atomic E-state index is 0.152. The van der Waals surface area contributed by atoms with Crippen molar-refractivity contribution < 1.29 is 28.2 Å². The van der Waals surface area contributed by atoms with Gasteiger partial charge in [0.25, 0.3) is 0 Å². The average Bonchev–Trinajstić information content (AvgIpc) is 2.86. The van der Waals surface area contributed by atoms with E-state index < -0.39 is 5.63 Å². The molecule has 0 bridgehead atoms. The van der Waals surface area contributed by atoms with Gasteiger partial charge in [0.15, 0.2) is 12.4 Å². The highest BCUT2D eigenvalue weighted by atomic mass is 16.5. The third-order valence-electron chi connectivity index (χ3n) is 5.19. The molecule has 0 aliphatic carbocycles. The van der Waals surface area contributed by atoms with Crippen molar-refractivity contribution in [2.24, 2.45) is 0 Å². The predicted octanol–water partition coefficient (Wildman–Crippen LogP) is 4.75. The lowest BCUT2D eigenvalue weighted by molar-refractivity contribution is 0.0921. The van der Waals surface area contributed by atoms with E-state index in [1.165, 1.54) is 7.11 Å². The number of hydrogen-bond donors (Lipinski definition) is 0. The zero-order chi connectivity index (χ0) is 23.4. The largest absolute Gasteiger partial charge is 0.497 e. The highest BCUT2D eigenvalue weighted by Crippen LogP contribution is 2.33. The summed E-state index contributed by atoms with van der Waals surface area (Å²) in [6.45, 7) is -0.152. The molecule has 3 aromatic carbocycles. The fourth-order valence-corrected chi connectivity index (χ4v) is 3.40. The Morgan fingerprint density at radius 1 is 0.758 bits per heavy atom. The number of Topliss-reactive ketones (excluding diaryl/α,β-unsaturated/α-hetero) is 1. The van der Waals surface area contributed by atoms with Gasteiger partial charge < -0.3 is 23.4 Å². The molecule has 0 unspecified atom stereocenters. The first-order chi connectivity index (χ1) is 16.0. The fourth-order valence-electron chi connectivity index (χ4n) is 3.40. The van der Waals surface area contributed by atoms with E-state index >= 15 is 0 Å². The highest BCUT2D eigenvalue weighted by Gasteiger charge is 2.15. The minimum atomic E-state index is -0.527. The summed E-state index contributed by atoms with van der Waals surface area (Å²) < 4.78 is 26.9. The first-order valence-electron chi connectivity index (χ1n) is 10.1. The van der Waals surface area contributed by atoms with Crippen LogP contribution in [-0.4, -0.2) is 33.7 Å². The summed E-state index contributed by atoms with van der Waals surface area (Å²) in [5, 5.41) is 0.698. The maximum Gasteiger partial charge on any atom is 0.344 e. The van der Waals surface area contributed by atoms with Crippen molar-refractivity contribution in [1.82, 2.24) is 0 Å². The van der Waals surface area contributed by atoms with E-state index in [-0.39, 0.29) is 12.4 Å². The van der Waals surface area contributed by atoms with Crippen molar-refractivity contribution >= 4 is 16.8 Å². The fraction of sp³-hybridized carbons (Fsp3) is 0.154. The van der Waals surface area contributed by atoms with Crippen LogP contribution in [0.3, 0.4) is 0 Å². The normalized spacial score (nSPS) is 10.6. The van der Waals surface area contributed by atoms with Crippen molar-refractivity contribution in [2.75, 3.05) is 27.9 Å². The first-order valence-corrected chi connectivity index (χ1v) is 10.1. The maximum atomic E-state index is 12.7. The molecule has 4 aromatic rings. The van der Waals surface area contributed by atoms with E-state index in [0.29, 0.717) is 50.7 Å². The number of methoxy groups -OCH3 is 3. The van der Waals surface area contributed by atoms with Gasteiger partial charge in [-0.25, -0.2) is 4.79 Å². The van der Waals surface area contributed by atoms with Gasteiger partial charge in [-0.05, 0) is 60.7 Å². The lowest BCUT2D eigenvalue weighted by Gasteiger charge is -2.11. The van der Waals surface area contributed by atoms with Gasteiger partial charge in [-0.2, -0.15) is 0 Å². The Labute approximate surface area is 190 Å². The van der Waals surface area contributed by atoms with Crippen molar-refractivity contribution in [1.29, 1.82) is 0 Å². The number of hydrogen-bond acceptors (Lipinski definition) is 7. The Bertz CT molecular complexity index is 1350. The molecule has 0 spiro atoms. The van der Waals surface area contributed by atoms with Crippen LogP contribution in [-0.2, 0) is 0 Å². The molecule has 0 amide bonds. The van der Waals surface area contributed by atoms with Gasteiger partial charge in [0, 0.05) is 22.6 Å². The smallest absolute Gasteiger partial charge is 0.344 e. The standard InChI is InChI=1S/C26H22O7/c1-29-18-7-4-16(5-8-18)23(27)15-32-20-9-6-17-12-22(26(28)33-25(17)14-20)21-13-19(30-2)10-11-24(21)31-3/h4-14H,15H2,1-3H3. The average molecular weight is 446 g/mol. The lowest BCUT2D eigenvalue weighted by Crippen LogP contribution is -2.11. The molecule has 33 heavy (non-hydrogen) atoms. The molecule has 7 nitrogen and oxygen atoms in total. The zero-order valence-corrected chi connectivity index (χ0v) is 18.4. The molecule has 4 rings (SSSR count). The quantitative estimate of drug-likeness (QED) is 0.285. The SMILES string of the molecule is COc1ccc(C(=O)COc2ccc3cc(-c4cc(OC)ccc4OC)c(=O)oc3c2)cc1. The topological polar surface area (TPSA) is 84.2 Å². The molecular formula is C26H22O7. The van der Waals surface area contributed by atoms with Crippen molar-refractivity contribution in [3.63, 3.8) is 0 Å². The highest BCUT2D eigenvalue weighted by molar-refractivity contribution is 5.97. The Kier molecular flexibility index (Phi) is 6.31. The molecule has 168 valence electrons. The second kappa shape index (κ2) is 9.48. The molecule has 0 saturated heterocycles. The molecule has 1 aromatic heterocycles. The number of ether oxygens (including phenoxy) is 4. The molecule has 0 radical (unpaired) electrons. The van der Waals surface area contributed by atoms with Crippen molar-refractivity contribution in [3.05, 3.63) is 82.7 Å². The van der Waals surface area contributed by atoms with Gasteiger partial charge in [-0.15, -0.1) is 0 Å². The molecule has 0 N–H and O–H groups in total. The molecule has 0 fully saturated rings. The summed E-state index contributed by atoms with van der Waals surface area (Å²) in [6.07, 6.45) is 0. The molecule has 0 atom stereocenters. The van der Waals surface area contributed by atoms with E-state index in [0.717, 1.165) is 0 Å². The molecule has 0 aliphatic rings. The van der Waals surface area contributed by atoms with E-state index in [1.807, 2.05) is 0 Å². The van der Waals surface area contributed by atoms with Crippen molar-refractivity contribution in [3.8, 4) is 34.1 Å². The van der Waals surface area contributed by atoms with Gasteiger partial charge in [-0.3, -0.25) is 4.79 Å². The molecule has 0 saturated carbocycles. The van der Waals surface area contributed by atoms with Crippen LogP contribution in [0.15, 0.2) is 75.9 Å². The van der Waals surface area contributed by atoms with Crippen LogP contribution in [0, 0.1) is 0 Å². The number of rotatable bonds is 8. The summed E-state index contributed by atoms with van der Waals surface area (Å²) >= 11 is 0. The molecular weight excluding hydrogens is 424 g/mol. The number of carbonyl (C=O) groups excluding carboxylic acids is 1. The summed E-state index contributed by atoms with van der Waals surface area (Å²) in [6, 6.07) is 18.8. The van der Waals surface area contributed by atoms with E-state index in [9.17, 15) is 9.59 Å².